The molecule has 0 aliphatic carbocycles. The molecule has 1 atom stereocenters. The van der Waals surface area contributed by atoms with Gasteiger partial charge in [0.25, 0.3) is 0 Å². The van der Waals surface area contributed by atoms with Gasteiger partial charge in [-0.3, -0.25) is 0 Å². The van der Waals surface area contributed by atoms with Crippen LogP contribution >= 0.6 is 0 Å². The van der Waals surface area contributed by atoms with Crippen molar-refractivity contribution in [3.63, 3.8) is 0 Å². The van der Waals surface area contributed by atoms with E-state index in [-0.39, 0.29) is 11.7 Å². The Balaban J connectivity index is 2.02. The summed E-state index contributed by atoms with van der Waals surface area (Å²) in [6, 6.07) is 9.11. The zero-order chi connectivity index (χ0) is 14.6. The lowest BCUT2D eigenvalue weighted by Crippen LogP contribution is -2.31. The Labute approximate surface area is 118 Å². The summed E-state index contributed by atoms with van der Waals surface area (Å²) in [7, 11) is -1.79. The van der Waals surface area contributed by atoms with E-state index in [4.69, 9.17) is 0 Å². The third-order valence-corrected chi connectivity index (χ3v) is 4.80. The first-order valence-electron chi connectivity index (χ1n) is 6.20. The second-order valence-corrected chi connectivity index (χ2v) is 6.77. The third kappa shape index (κ3) is 3.61. The molecule has 2 aromatic rings. The van der Waals surface area contributed by atoms with Crippen LogP contribution in [0.15, 0.2) is 30.3 Å². The second kappa shape index (κ2) is 6.10. The van der Waals surface area contributed by atoms with E-state index in [2.05, 4.69) is 20.6 Å². The van der Waals surface area contributed by atoms with Crippen molar-refractivity contribution in [3.8, 4) is 0 Å². The van der Waals surface area contributed by atoms with Crippen LogP contribution < -0.4 is 0 Å². The number of hydrogen-bond donors (Lipinski definition) is 1. The van der Waals surface area contributed by atoms with Crippen LogP contribution in [0.4, 0.5) is 0 Å². The summed E-state index contributed by atoms with van der Waals surface area (Å²) in [6.45, 7) is 2.17. The van der Waals surface area contributed by atoms with Crippen LogP contribution in [0, 0.1) is 0 Å². The minimum Gasteiger partial charge on any atom is -0.212 e. The van der Waals surface area contributed by atoms with Gasteiger partial charge in [-0.25, -0.2) is 12.7 Å². The van der Waals surface area contributed by atoms with E-state index in [0.717, 1.165) is 5.56 Å². The number of likely N-dealkylation sites (N-methyl/N-ethyl adjacent to an activating group) is 1. The number of hydrogen-bond acceptors (Lipinski definition) is 5. The summed E-state index contributed by atoms with van der Waals surface area (Å²) in [6.07, 6.45) is 0. The SMILES string of the molecule is CC(CN(C)S(=O)(=O)Cc1ccccc1)c1nn[nH]n1. The van der Waals surface area contributed by atoms with Crippen molar-refractivity contribution >= 4 is 10.0 Å². The number of nitrogens with one attached hydrogen (secondary N) is 1. The summed E-state index contributed by atoms with van der Waals surface area (Å²) < 4.78 is 25.9. The van der Waals surface area contributed by atoms with E-state index in [1.54, 1.807) is 19.2 Å². The van der Waals surface area contributed by atoms with Crippen LogP contribution in [0.5, 0.6) is 0 Å². The second-order valence-electron chi connectivity index (χ2n) is 4.69. The van der Waals surface area contributed by atoms with Gasteiger partial charge >= 0.3 is 0 Å². The molecule has 108 valence electrons. The monoisotopic (exact) mass is 295 g/mol. The van der Waals surface area contributed by atoms with E-state index in [9.17, 15) is 8.42 Å². The molecule has 1 heterocycles. The number of H-pyrrole nitrogens is 1. The van der Waals surface area contributed by atoms with Crippen molar-refractivity contribution in [2.75, 3.05) is 13.6 Å². The average molecular weight is 295 g/mol. The molecule has 0 amide bonds. The lowest BCUT2D eigenvalue weighted by molar-refractivity contribution is 0.439. The van der Waals surface area contributed by atoms with Gasteiger partial charge < -0.3 is 0 Å². The molecule has 1 aromatic heterocycles. The number of nitrogens with zero attached hydrogens (tertiary/aromatic N) is 4. The smallest absolute Gasteiger partial charge is 0.212 e. The predicted molar refractivity (Wildman–Crippen MR) is 74.3 cm³/mol. The van der Waals surface area contributed by atoms with Crippen LogP contribution in [0.1, 0.15) is 24.2 Å². The Hall–Kier alpha value is -1.80. The van der Waals surface area contributed by atoms with Crippen molar-refractivity contribution in [1.82, 2.24) is 24.9 Å². The highest BCUT2D eigenvalue weighted by Gasteiger charge is 2.22. The van der Waals surface area contributed by atoms with E-state index in [1.807, 2.05) is 25.1 Å². The molecule has 0 saturated carbocycles. The van der Waals surface area contributed by atoms with E-state index in [0.29, 0.717) is 12.4 Å². The molecule has 0 bridgehead atoms. The molecule has 0 spiro atoms. The van der Waals surface area contributed by atoms with Crippen molar-refractivity contribution in [3.05, 3.63) is 41.7 Å². The highest BCUT2D eigenvalue weighted by atomic mass is 32.2. The van der Waals surface area contributed by atoms with Gasteiger partial charge in [0, 0.05) is 19.5 Å². The highest BCUT2D eigenvalue weighted by molar-refractivity contribution is 7.88. The fourth-order valence-electron chi connectivity index (χ4n) is 1.85. The van der Waals surface area contributed by atoms with Crippen molar-refractivity contribution < 1.29 is 8.42 Å². The van der Waals surface area contributed by atoms with Gasteiger partial charge in [-0.15, -0.1) is 10.2 Å². The molecule has 0 aliphatic heterocycles. The zero-order valence-electron chi connectivity index (χ0n) is 11.4. The number of tetrazole rings is 1. The van der Waals surface area contributed by atoms with Crippen LogP contribution in [0.2, 0.25) is 0 Å². The number of benzene rings is 1. The molecule has 2 rings (SSSR count). The van der Waals surface area contributed by atoms with Gasteiger partial charge in [-0.2, -0.15) is 5.21 Å². The molecule has 20 heavy (non-hydrogen) atoms. The van der Waals surface area contributed by atoms with Crippen molar-refractivity contribution in [1.29, 1.82) is 0 Å². The van der Waals surface area contributed by atoms with Crippen LogP contribution in [0.3, 0.4) is 0 Å². The lowest BCUT2D eigenvalue weighted by atomic mass is 10.2. The fraction of sp³-hybridized carbons (Fsp3) is 0.417. The van der Waals surface area contributed by atoms with E-state index in [1.165, 1.54) is 4.31 Å². The Kier molecular flexibility index (Phi) is 4.46. The van der Waals surface area contributed by atoms with Crippen LogP contribution in [-0.4, -0.2) is 46.9 Å². The van der Waals surface area contributed by atoms with Gasteiger partial charge in [0.15, 0.2) is 5.82 Å². The molecule has 1 unspecified atom stereocenters. The van der Waals surface area contributed by atoms with Gasteiger partial charge in [0.1, 0.15) is 0 Å². The summed E-state index contributed by atoms with van der Waals surface area (Å²) >= 11 is 0. The molecule has 0 radical (unpaired) electrons. The maximum atomic E-state index is 12.3. The van der Waals surface area contributed by atoms with E-state index < -0.39 is 10.0 Å². The minimum atomic E-state index is -3.35. The fourth-order valence-corrected chi connectivity index (χ4v) is 3.14. The number of rotatable bonds is 6. The molecular weight excluding hydrogens is 278 g/mol. The minimum absolute atomic E-state index is 0.0106. The molecule has 0 fully saturated rings. The molecule has 7 nitrogen and oxygen atoms in total. The van der Waals surface area contributed by atoms with Gasteiger partial charge in [-0.1, -0.05) is 42.5 Å². The van der Waals surface area contributed by atoms with Gasteiger partial charge in [0.2, 0.25) is 10.0 Å². The summed E-state index contributed by atoms with van der Waals surface area (Å²) in [5.41, 5.74) is 0.770. The molecule has 0 aliphatic rings. The first-order chi connectivity index (χ1) is 9.49. The maximum absolute atomic E-state index is 12.3. The zero-order valence-corrected chi connectivity index (χ0v) is 12.2. The normalized spacial score (nSPS) is 13.6. The van der Waals surface area contributed by atoms with Crippen molar-refractivity contribution in [2.24, 2.45) is 0 Å². The summed E-state index contributed by atoms with van der Waals surface area (Å²) in [5.74, 6) is 0.375. The quantitative estimate of drug-likeness (QED) is 0.849. The van der Waals surface area contributed by atoms with Crippen LogP contribution in [-0.2, 0) is 15.8 Å². The Bertz CT molecular complexity index is 627. The highest BCUT2D eigenvalue weighted by Crippen LogP contribution is 2.15. The van der Waals surface area contributed by atoms with Crippen molar-refractivity contribution in [2.45, 2.75) is 18.6 Å². The number of sulfonamides is 1. The Morgan fingerprint density at radius 3 is 2.60 bits per heavy atom. The first kappa shape index (κ1) is 14.6. The number of aromatic amines is 1. The topological polar surface area (TPSA) is 91.8 Å². The van der Waals surface area contributed by atoms with Gasteiger partial charge in [-0.05, 0) is 5.56 Å². The molecule has 8 heteroatoms. The molecule has 1 aromatic carbocycles. The molecular formula is C12H17N5O2S. The Morgan fingerprint density at radius 1 is 1.30 bits per heavy atom. The van der Waals surface area contributed by atoms with Crippen LogP contribution in [0.25, 0.3) is 0 Å². The van der Waals surface area contributed by atoms with E-state index >= 15 is 0 Å². The predicted octanol–water partition coefficient (Wildman–Crippen LogP) is 0.765. The largest absolute Gasteiger partial charge is 0.218 e. The standard InChI is InChI=1S/C12H17N5O2S/c1-10(12-13-15-16-14-12)8-17(2)20(18,19)9-11-6-4-3-5-7-11/h3-7,10H,8-9H2,1-2H3,(H,13,14,15,16). The Morgan fingerprint density at radius 2 is 2.00 bits per heavy atom. The first-order valence-corrected chi connectivity index (χ1v) is 7.81. The summed E-state index contributed by atoms with van der Waals surface area (Å²) in [4.78, 5) is 0. The molecule has 0 saturated heterocycles. The summed E-state index contributed by atoms with van der Waals surface area (Å²) in [5, 5.41) is 13.6. The number of aromatic nitrogens is 4. The average Bonchev–Trinajstić information content (AvgIpc) is 2.93. The molecule has 1 N–H and O–H groups in total. The van der Waals surface area contributed by atoms with Gasteiger partial charge in [0.05, 0.1) is 5.75 Å². The third-order valence-electron chi connectivity index (χ3n) is 3.00. The lowest BCUT2D eigenvalue weighted by Gasteiger charge is -2.19. The maximum Gasteiger partial charge on any atom is 0.218 e.